The number of anilines is 1. The van der Waals surface area contributed by atoms with Crippen LogP contribution in [0.2, 0.25) is 5.02 Å². The lowest BCUT2D eigenvalue weighted by Crippen LogP contribution is -2.50. The lowest BCUT2D eigenvalue weighted by molar-refractivity contribution is -0.123. The van der Waals surface area contributed by atoms with Crippen molar-refractivity contribution in [2.45, 2.75) is 25.3 Å². The summed E-state index contributed by atoms with van der Waals surface area (Å²) in [4.78, 5) is 25.4. The van der Waals surface area contributed by atoms with Crippen LogP contribution in [0, 0.1) is 0 Å². The van der Waals surface area contributed by atoms with Gasteiger partial charge in [-0.15, -0.1) is 0 Å². The van der Waals surface area contributed by atoms with Crippen molar-refractivity contribution in [1.29, 1.82) is 0 Å². The number of carbonyl (C=O) groups excluding carboxylic acids is 2. The summed E-state index contributed by atoms with van der Waals surface area (Å²) in [7, 11) is 0. The second-order valence-electron chi connectivity index (χ2n) is 4.62. The molecule has 4 N–H and O–H groups in total. The molecule has 1 aromatic rings. The highest BCUT2D eigenvalue weighted by Gasteiger charge is 2.32. The summed E-state index contributed by atoms with van der Waals surface area (Å²) in [6.45, 7) is 0.511. The van der Waals surface area contributed by atoms with E-state index in [-0.39, 0.29) is 10.9 Å². The van der Waals surface area contributed by atoms with Gasteiger partial charge in [0.05, 0.1) is 16.3 Å². The number of hydrogen-bond acceptors (Lipinski definition) is 3. The number of nitrogens with two attached hydrogens (primary N) is 2. The van der Waals surface area contributed by atoms with E-state index in [0.29, 0.717) is 24.2 Å². The maximum Gasteiger partial charge on any atom is 0.256 e. The molecule has 1 atom stereocenters. The highest BCUT2D eigenvalue weighted by atomic mass is 35.5. The fourth-order valence-corrected chi connectivity index (χ4v) is 2.55. The Morgan fingerprint density at radius 3 is 2.74 bits per heavy atom. The number of primary amides is 1. The molecule has 19 heavy (non-hydrogen) atoms. The van der Waals surface area contributed by atoms with Gasteiger partial charge in [-0.2, -0.15) is 0 Å². The number of benzene rings is 1. The van der Waals surface area contributed by atoms with Gasteiger partial charge in [-0.05, 0) is 31.4 Å². The summed E-state index contributed by atoms with van der Waals surface area (Å²) < 4.78 is 0. The Kier molecular flexibility index (Phi) is 3.95. The fourth-order valence-electron chi connectivity index (χ4n) is 2.34. The van der Waals surface area contributed by atoms with Crippen molar-refractivity contribution in [3.63, 3.8) is 0 Å². The fraction of sp³-hybridized carbons (Fsp3) is 0.385. The molecule has 1 aromatic carbocycles. The number of hydrogen-bond donors (Lipinski definition) is 2. The van der Waals surface area contributed by atoms with E-state index in [0.717, 1.165) is 12.8 Å². The topological polar surface area (TPSA) is 89.4 Å². The molecule has 1 heterocycles. The third-order valence-corrected chi connectivity index (χ3v) is 3.77. The van der Waals surface area contributed by atoms with Gasteiger partial charge in [-0.1, -0.05) is 17.7 Å². The Morgan fingerprint density at radius 1 is 1.32 bits per heavy atom. The smallest absolute Gasteiger partial charge is 0.256 e. The van der Waals surface area contributed by atoms with Crippen molar-refractivity contribution in [2.75, 3.05) is 12.3 Å². The average molecular weight is 282 g/mol. The number of nitrogens with zero attached hydrogens (tertiary/aromatic N) is 1. The molecule has 0 spiro atoms. The molecule has 1 aliphatic heterocycles. The van der Waals surface area contributed by atoms with Gasteiger partial charge in [0.15, 0.2) is 0 Å². The van der Waals surface area contributed by atoms with Crippen molar-refractivity contribution in [1.82, 2.24) is 4.90 Å². The molecule has 5 nitrogen and oxygen atoms in total. The minimum Gasteiger partial charge on any atom is -0.398 e. The molecule has 2 amide bonds. The average Bonchev–Trinajstić information content (AvgIpc) is 2.41. The summed E-state index contributed by atoms with van der Waals surface area (Å²) in [5, 5.41) is 0.223. The number of carbonyl (C=O) groups is 2. The highest BCUT2D eigenvalue weighted by Crippen LogP contribution is 2.27. The van der Waals surface area contributed by atoms with Crippen LogP contribution < -0.4 is 11.5 Å². The molecule has 1 saturated heterocycles. The summed E-state index contributed by atoms with van der Waals surface area (Å²) in [5.74, 6) is -0.770. The van der Waals surface area contributed by atoms with Crippen molar-refractivity contribution in [2.24, 2.45) is 5.73 Å². The van der Waals surface area contributed by atoms with E-state index in [1.165, 1.54) is 4.90 Å². The lowest BCUT2D eigenvalue weighted by atomic mass is 10.00. The molecule has 1 fully saturated rings. The Labute approximate surface area is 116 Å². The number of likely N-dealkylation sites (tertiary alicyclic amines) is 1. The number of nitrogen functional groups attached to an aromatic ring is 1. The van der Waals surface area contributed by atoms with Gasteiger partial charge in [0.2, 0.25) is 5.91 Å². The van der Waals surface area contributed by atoms with Crippen LogP contribution in [0.5, 0.6) is 0 Å². The maximum absolute atomic E-state index is 12.5. The molecular weight excluding hydrogens is 266 g/mol. The van der Waals surface area contributed by atoms with Gasteiger partial charge in [-0.3, -0.25) is 9.59 Å². The first-order valence-corrected chi connectivity index (χ1v) is 6.54. The minimum absolute atomic E-state index is 0.223. The Bertz CT molecular complexity index is 519. The van der Waals surface area contributed by atoms with Gasteiger partial charge in [0.25, 0.3) is 5.91 Å². The summed E-state index contributed by atoms with van der Waals surface area (Å²) >= 11 is 6.05. The van der Waals surface area contributed by atoms with Crippen molar-refractivity contribution >= 4 is 29.1 Å². The van der Waals surface area contributed by atoms with Crippen molar-refractivity contribution in [3.8, 4) is 0 Å². The molecule has 0 aromatic heterocycles. The van der Waals surface area contributed by atoms with E-state index >= 15 is 0 Å². The van der Waals surface area contributed by atoms with Gasteiger partial charge < -0.3 is 16.4 Å². The monoisotopic (exact) mass is 281 g/mol. The maximum atomic E-state index is 12.5. The summed E-state index contributed by atoms with van der Waals surface area (Å²) in [6, 6.07) is 4.34. The van der Waals surface area contributed by atoms with Crippen molar-refractivity contribution < 1.29 is 9.59 Å². The van der Waals surface area contributed by atoms with Crippen LogP contribution in [0.15, 0.2) is 18.2 Å². The van der Waals surface area contributed by atoms with Crippen LogP contribution in [0.4, 0.5) is 5.69 Å². The molecule has 0 saturated carbocycles. The third-order valence-electron chi connectivity index (χ3n) is 3.35. The van der Waals surface area contributed by atoms with Crippen LogP contribution in [-0.2, 0) is 4.79 Å². The number of piperidine rings is 1. The van der Waals surface area contributed by atoms with E-state index in [2.05, 4.69) is 0 Å². The second kappa shape index (κ2) is 5.48. The van der Waals surface area contributed by atoms with Crippen molar-refractivity contribution in [3.05, 3.63) is 28.8 Å². The molecule has 0 bridgehead atoms. The first kappa shape index (κ1) is 13.7. The Hall–Kier alpha value is -1.75. The zero-order valence-electron chi connectivity index (χ0n) is 10.4. The standard InChI is InChI=1S/C13H16ClN3O2/c14-11-8(4-3-5-9(11)15)13(19)17-7-2-1-6-10(17)12(16)18/h3-5,10H,1-2,6-7,15H2,(H2,16,18). The van der Waals surface area contributed by atoms with Crippen LogP contribution in [0.1, 0.15) is 29.6 Å². The zero-order chi connectivity index (χ0) is 14.0. The van der Waals surface area contributed by atoms with E-state index in [9.17, 15) is 9.59 Å². The van der Waals surface area contributed by atoms with Crippen LogP contribution in [0.25, 0.3) is 0 Å². The van der Waals surface area contributed by atoms with Crippen LogP contribution >= 0.6 is 11.6 Å². The second-order valence-corrected chi connectivity index (χ2v) is 5.00. The predicted octanol–water partition coefficient (Wildman–Crippen LogP) is 1.40. The Balaban J connectivity index is 2.31. The number of halogens is 1. The molecule has 0 aliphatic carbocycles. The Morgan fingerprint density at radius 2 is 2.05 bits per heavy atom. The van der Waals surface area contributed by atoms with E-state index < -0.39 is 11.9 Å². The van der Waals surface area contributed by atoms with Crippen LogP contribution in [-0.4, -0.2) is 29.3 Å². The molecule has 0 radical (unpaired) electrons. The largest absolute Gasteiger partial charge is 0.398 e. The quantitative estimate of drug-likeness (QED) is 0.803. The molecule has 1 unspecified atom stereocenters. The SMILES string of the molecule is NC(=O)C1CCCCN1C(=O)c1cccc(N)c1Cl. The first-order chi connectivity index (χ1) is 9.02. The van der Waals surface area contributed by atoms with E-state index in [1.807, 2.05) is 0 Å². The van der Waals surface area contributed by atoms with Gasteiger partial charge in [-0.25, -0.2) is 0 Å². The number of amides is 2. The minimum atomic E-state index is -0.557. The van der Waals surface area contributed by atoms with E-state index in [4.69, 9.17) is 23.1 Å². The highest BCUT2D eigenvalue weighted by molar-refractivity contribution is 6.36. The number of rotatable bonds is 2. The molecule has 2 rings (SSSR count). The molecular formula is C13H16ClN3O2. The van der Waals surface area contributed by atoms with Gasteiger partial charge in [0.1, 0.15) is 6.04 Å². The lowest BCUT2D eigenvalue weighted by Gasteiger charge is -2.33. The van der Waals surface area contributed by atoms with Crippen LogP contribution in [0.3, 0.4) is 0 Å². The third kappa shape index (κ3) is 2.66. The van der Waals surface area contributed by atoms with E-state index in [1.54, 1.807) is 18.2 Å². The van der Waals surface area contributed by atoms with Gasteiger partial charge >= 0.3 is 0 Å². The normalized spacial score (nSPS) is 19.2. The van der Waals surface area contributed by atoms with Gasteiger partial charge in [0, 0.05) is 6.54 Å². The molecule has 1 aliphatic rings. The summed E-state index contributed by atoms with van der Waals surface area (Å²) in [5.41, 5.74) is 11.7. The molecule has 6 heteroatoms. The zero-order valence-corrected chi connectivity index (χ0v) is 11.2. The molecule has 102 valence electrons. The first-order valence-electron chi connectivity index (χ1n) is 6.16. The predicted molar refractivity (Wildman–Crippen MR) is 73.7 cm³/mol. The summed E-state index contributed by atoms with van der Waals surface area (Å²) in [6.07, 6.45) is 2.35.